The highest BCUT2D eigenvalue weighted by atomic mass is 32.9. The Kier molecular flexibility index (Phi) is 9.40. The van der Waals surface area contributed by atoms with Gasteiger partial charge in [-0.25, -0.2) is 9.97 Å². The second kappa shape index (κ2) is 11.8. The van der Waals surface area contributed by atoms with Gasteiger partial charge >= 0.3 is 0 Å². The molecule has 0 radical (unpaired) electrons. The number of nitrogens with zero attached hydrogens (tertiary/aromatic N) is 4. The fourth-order valence-electron chi connectivity index (χ4n) is 4.95. The molecule has 0 amide bonds. The fourth-order valence-corrected chi connectivity index (χ4v) is 11.7. The van der Waals surface area contributed by atoms with Crippen molar-refractivity contribution in [2.45, 2.75) is 108 Å². The van der Waals surface area contributed by atoms with Crippen LogP contribution in [-0.2, 0) is 25.5 Å². The molecule has 218 valence electrons. The van der Waals surface area contributed by atoms with Crippen LogP contribution in [0.5, 0.6) is 5.88 Å². The van der Waals surface area contributed by atoms with Crippen molar-refractivity contribution in [3.8, 4) is 5.88 Å². The minimum Gasteiger partial charge on any atom is -0.492 e. The van der Waals surface area contributed by atoms with Crippen molar-refractivity contribution >= 4 is 48.8 Å². The first-order chi connectivity index (χ1) is 18.1. The molecule has 1 aliphatic heterocycles. The maximum Gasteiger partial charge on any atom is 0.242 e. The van der Waals surface area contributed by atoms with E-state index in [1.807, 2.05) is 11.5 Å². The second-order valence-electron chi connectivity index (χ2n) is 12.6. The monoisotopic (exact) mass is 614 g/mol. The summed E-state index contributed by atoms with van der Waals surface area (Å²) in [5.41, 5.74) is 1.98. The van der Waals surface area contributed by atoms with Crippen LogP contribution in [0.25, 0.3) is 11.2 Å². The van der Waals surface area contributed by atoms with Gasteiger partial charge in [0.2, 0.25) is 5.88 Å². The fraction of sp³-hybridized carbons (Fsp3) is 0.731. The average molecular weight is 615 g/mol. The van der Waals surface area contributed by atoms with Gasteiger partial charge in [-0.3, -0.25) is 4.57 Å². The predicted octanol–water partition coefficient (Wildman–Crippen LogP) is 5.96. The van der Waals surface area contributed by atoms with E-state index in [4.69, 9.17) is 25.5 Å². The molecule has 1 saturated heterocycles. The Balaban J connectivity index is 1.47. The maximum atomic E-state index is 10.9. The van der Waals surface area contributed by atoms with Crippen molar-refractivity contribution in [1.29, 1.82) is 0 Å². The summed E-state index contributed by atoms with van der Waals surface area (Å²) in [7, 11) is -2.11. The molecule has 2 N–H and O–H groups in total. The van der Waals surface area contributed by atoms with Crippen LogP contribution >= 0.6 is 17.5 Å². The number of rotatable bonds is 9. The lowest BCUT2D eigenvalue weighted by molar-refractivity contribution is -0.0334. The van der Waals surface area contributed by atoms with Gasteiger partial charge < -0.3 is 23.9 Å². The van der Waals surface area contributed by atoms with E-state index in [9.17, 15) is 10.2 Å². The third-order valence-electron chi connectivity index (χ3n) is 8.66. The third kappa shape index (κ3) is 6.80. The summed E-state index contributed by atoms with van der Waals surface area (Å²) in [4.78, 5) is 12.4. The van der Waals surface area contributed by atoms with Crippen LogP contribution in [0.4, 0.5) is 0 Å². The van der Waals surface area contributed by atoms with E-state index >= 15 is 0 Å². The van der Waals surface area contributed by atoms with Crippen molar-refractivity contribution < 1.29 is 23.9 Å². The van der Waals surface area contributed by atoms with E-state index in [1.54, 1.807) is 17.7 Å². The SMILES string of the molecule is C=C(C)[C@H]1CC[C@@](C)(S[PH](=S)OC[C@H]2O[C@@H](n3cnc4c(O)ncnc43)CC2O[Si](C)(C)C(C)(C)C)[C@H](O)C1. The summed E-state index contributed by atoms with van der Waals surface area (Å²) >= 11 is 7.44. The van der Waals surface area contributed by atoms with E-state index in [-0.39, 0.29) is 34.1 Å². The number of fused-ring (bicyclic) bond motifs is 1. The zero-order valence-corrected chi connectivity index (χ0v) is 27.6. The van der Waals surface area contributed by atoms with Crippen LogP contribution < -0.4 is 0 Å². The molecule has 1 saturated carbocycles. The number of hydrogen-bond acceptors (Lipinski definition) is 10. The molecule has 13 heteroatoms. The highest BCUT2D eigenvalue weighted by molar-refractivity contribution is 8.63. The summed E-state index contributed by atoms with van der Waals surface area (Å²) in [5.74, 6) is 0.202. The smallest absolute Gasteiger partial charge is 0.242 e. The standard InChI is InChI=1S/C26H43N4O5PS2Si/c1-16(2)17-9-10-26(6,20(31)11-17)38-36(37)33-13-19-18(35-39(7,8)25(3,4)5)12-21(34-19)30-15-29-22-23(30)27-14-28-24(22)32/h14-15,17-21,31,36H,1,9-13H2,2-8H3,(H,27,28,32)/t17-,18?,19+,20+,21+,26+/m0/s1. The Labute approximate surface area is 242 Å². The van der Waals surface area contributed by atoms with Crippen molar-refractivity contribution in [2.75, 3.05) is 6.61 Å². The molecule has 2 fully saturated rings. The second-order valence-corrected chi connectivity index (χ2v) is 22.9. The number of aromatic nitrogens is 4. The van der Waals surface area contributed by atoms with Crippen LogP contribution in [0.1, 0.15) is 66.5 Å². The van der Waals surface area contributed by atoms with Gasteiger partial charge in [-0.2, -0.15) is 4.98 Å². The number of aliphatic hydroxyl groups excluding tert-OH is 1. The van der Waals surface area contributed by atoms with E-state index in [0.29, 0.717) is 30.1 Å². The first-order valence-corrected chi connectivity index (χ1v) is 20.5. The molecule has 9 nitrogen and oxygen atoms in total. The lowest BCUT2D eigenvalue weighted by Gasteiger charge is -2.41. The molecule has 2 aromatic rings. The van der Waals surface area contributed by atoms with Crippen LogP contribution in [0.2, 0.25) is 18.1 Å². The van der Waals surface area contributed by atoms with Crippen LogP contribution in [0.15, 0.2) is 24.8 Å². The largest absolute Gasteiger partial charge is 0.492 e. The van der Waals surface area contributed by atoms with Gasteiger partial charge in [0.25, 0.3) is 0 Å². The number of allylic oxidation sites excluding steroid dienone is 1. The van der Waals surface area contributed by atoms with Crippen molar-refractivity contribution in [3.63, 3.8) is 0 Å². The van der Waals surface area contributed by atoms with E-state index in [1.165, 1.54) is 6.33 Å². The molecule has 7 atom stereocenters. The van der Waals surface area contributed by atoms with Gasteiger partial charge in [-0.05, 0) is 57.2 Å². The average Bonchev–Trinajstić information content (AvgIpc) is 3.43. The quantitative estimate of drug-likeness (QED) is 0.199. The summed E-state index contributed by atoms with van der Waals surface area (Å²) in [6, 6.07) is 0. The summed E-state index contributed by atoms with van der Waals surface area (Å²) in [6.07, 6.45) is 3.13. The Morgan fingerprint density at radius 2 is 2.05 bits per heavy atom. The number of ether oxygens (including phenoxy) is 1. The molecule has 0 aromatic carbocycles. The highest BCUT2D eigenvalue weighted by Crippen LogP contribution is 2.55. The van der Waals surface area contributed by atoms with E-state index in [0.717, 1.165) is 24.8 Å². The Morgan fingerprint density at radius 3 is 2.69 bits per heavy atom. The zero-order valence-electron chi connectivity index (χ0n) is 24.0. The zero-order chi connectivity index (χ0) is 28.8. The molecule has 2 unspecified atom stereocenters. The van der Waals surface area contributed by atoms with Crippen molar-refractivity contribution in [2.24, 2.45) is 5.92 Å². The minimum atomic E-state index is -2.11. The number of aliphatic hydroxyl groups is 1. The van der Waals surface area contributed by atoms with Gasteiger partial charge in [0, 0.05) is 11.2 Å². The van der Waals surface area contributed by atoms with Crippen LogP contribution in [0, 0.1) is 5.92 Å². The lowest BCUT2D eigenvalue weighted by Crippen LogP contribution is -2.46. The number of imidazole rings is 1. The Morgan fingerprint density at radius 1 is 1.33 bits per heavy atom. The van der Waals surface area contributed by atoms with Gasteiger partial charge in [0.05, 0.1) is 25.1 Å². The summed E-state index contributed by atoms with van der Waals surface area (Å²) < 4.78 is 21.1. The molecule has 39 heavy (non-hydrogen) atoms. The highest BCUT2D eigenvalue weighted by Gasteiger charge is 2.46. The van der Waals surface area contributed by atoms with Gasteiger partial charge in [0.1, 0.15) is 24.8 Å². The molecule has 3 heterocycles. The molecule has 4 rings (SSSR count). The number of hydrogen-bond donors (Lipinski definition) is 2. The van der Waals surface area contributed by atoms with Gasteiger partial charge in [-0.15, -0.1) is 0 Å². The molecule has 2 aliphatic rings. The Hall–Kier alpha value is -0.853. The molecule has 1 aliphatic carbocycles. The molecule has 0 spiro atoms. The van der Waals surface area contributed by atoms with E-state index in [2.05, 4.69) is 62.3 Å². The molecule has 2 aromatic heterocycles. The summed E-state index contributed by atoms with van der Waals surface area (Å²) in [5, 5.41) is 21.1. The molecule has 0 bridgehead atoms. The predicted molar refractivity (Wildman–Crippen MR) is 163 cm³/mol. The Bertz CT molecular complexity index is 1220. The van der Waals surface area contributed by atoms with Crippen LogP contribution in [0.3, 0.4) is 0 Å². The van der Waals surface area contributed by atoms with Gasteiger partial charge in [-0.1, -0.05) is 56.1 Å². The third-order valence-corrected chi connectivity index (χ3v) is 18.0. The summed E-state index contributed by atoms with van der Waals surface area (Å²) in [6.45, 7) is 19.7. The van der Waals surface area contributed by atoms with Crippen molar-refractivity contribution in [3.05, 3.63) is 24.8 Å². The number of aromatic hydroxyl groups is 1. The van der Waals surface area contributed by atoms with E-state index < -0.39 is 20.5 Å². The molecular formula is C26H43N4O5PS2Si. The first kappa shape index (κ1) is 31.1. The molecular weight excluding hydrogens is 572 g/mol. The van der Waals surface area contributed by atoms with Crippen LogP contribution in [-0.4, -0.2) is 67.7 Å². The minimum absolute atomic E-state index is 0.0351. The normalized spacial score (nSPS) is 31.0. The van der Waals surface area contributed by atoms with Crippen molar-refractivity contribution in [1.82, 2.24) is 19.5 Å². The topological polar surface area (TPSA) is 112 Å². The van der Waals surface area contributed by atoms with Gasteiger partial charge in [0.15, 0.2) is 19.5 Å². The lowest BCUT2D eigenvalue weighted by atomic mass is 9.77. The maximum absolute atomic E-state index is 10.9. The first-order valence-electron chi connectivity index (χ1n) is 13.5.